The van der Waals surface area contributed by atoms with E-state index in [4.69, 9.17) is 4.74 Å². The Kier molecular flexibility index (Phi) is 6.11. The third-order valence-electron chi connectivity index (χ3n) is 2.02. The van der Waals surface area contributed by atoms with Gasteiger partial charge in [0.2, 0.25) is 5.91 Å². The van der Waals surface area contributed by atoms with Crippen molar-refractivity contribution in [3.63, 3.8) is 0 Å². The highest BCUT2D eigenvalue weighted by Gasteiger charge is 2.01. The van der Waals surface area contributed by atoms with Crippen LogP contribution in [0.2, 0.25) is 0 Å². The van der Waals surface area contributed by atoms with Crippen molar-refractivity contribution in [3.8, 4) is 0 Å². The number of rotatable bonds is 6. The Hall–Kier alpha value is -0.870. The summed E-state index contributed by atoms with van der Waals surface area (Å²) in [6, 6.07) is 7.53. The SMILES string of the molecule is CCOCCCC(=O)Nc1ccc(Br)cc1. The van der Waals surface area contributed by atoms with Gasteiger partial charge in [0, 0.05) is 29.8 Å². The summed E-state index contributed by atoms with van der Waals surface area (Å²) in [5.41, 5.74) is 0.824. The maximum atomic E-state index is 11.5. The molecule has 1 N–H and O–H groups in total. The number of amides is 1. The highest BCUT2D eigenvalue weighted by atomic mass is 79.9. The summed E-state index contributed by atoms with van der Waals surface area (Å²) in [6.45, 7) is 3.29. The van der Waals surface area contributed by atoms with Gasteiger partial charge in [0.1, 0.15) is 0 Å². The molecule has 3 nitrogen and oxygen atoms in total. The average Bonchev–Trinajstić information content (AvgIpc) is 2.28. The van der Waals surface area contributed by atoms with Crippen molar-refractivity contribution < 1.29 is 9.53 Å². The van der Waals surface area contributed by atoms with Crippen LogP contribution in [0.4, 0.5) is 5.69 Å². The van der Waals surface area contributed by atoms with Crippen molar-refractivity contribution in [2.24, 2.45) is 0 Å². The third kappa shape index (κ3) is 5.28. The Morgan fingerprint density at radius 3 is 2.69 bits per heavy atom. The number of nitrogens with one attached hydrogen (secondary N) is 1. The Morgan fingerprint density at radius 1 is 1.38 bits per heavy atom. The van der Waals surface area contributed by atoms with Crippen molar-refractivity contribution in [3.05, 3.63) is 28.7 Å². The van der Waals surface area contributed by atoms with E-state index in [1.807, 2.05) is 31.2 Å². The van der Waals surface area contributed by atoms with E-state index in [1.165, 1.54) is 0 Å². The zero-order chi connectivity index (χ0) is 11.8. The zero-order valence-electron chi connectivity index (χ0n) is 9.33. The van der Waals surface area contributed by atoms with E-state index in [1.54, 1.807) is 0 Å². The molecular weight excluding hydrogens is 270 g/mol. The number of carbonyl (C=O) groups excluding carboxylic acids is 1. The Morgan fingerprint density at radius 2 is 2.06 bits per heavy atom. The van der Waals surface area contributed by atoms with Crippen molar-refractivity contribution in [1.82, 2.24) is 0 Å². The second-order valence-electron chi connectivity index (χ2n) is 3.36. The number of halogens is 1. The fourth-order valence-corrected chi connectivity index (χ4v) is 1.50. The van der Waals surface area contributed by atoms with Gasteiger partial charge in [0.05, 0.1) is 0 Å². The monoisotopic (exact) mass is 285 g/mol. The van der Waals surface area contributed by atoms with Crippen LogP contribution in [0.3, 0.4) is 0 Å². The Bertz CT molecular complexity index is 324. The molecule has 0 aliphatic rings. The highest BCUT2D eigenvalue weighted by molar-refractivity contribution is 9.10. The van der Waals surface area contributed by atoms with Gasteiger partial charge in [-0.2, -0.15) is 0 Å². The first-order chi connectivity index (χ1) is 7.72. The standard InChI is InChI=1S/C12H16BrNO2/c1-2-16-9-3-4-12(15)14-11-7-5-10(13)6-8-11/h5-8H,2-4,9H2,1H3,(H,14,15). The average molecular weight is 286 g/mol. The van der Waals surface area contributed by atoms with Gasteiger partial charge in [-0.05, 0) is 37.6 Å². The van der Waals surface area contributed by atoms with E-state index in [9.17, 15) is 4.79 Å². The van der Waals surface area contributed by atoms with Gasteiger partial charge in [-0.15, -0.1) is 0 Å². The molecule has 0 unspecified atom stereocenters. The van der Waals surface area contributed by atoms with Gasteiger partial charge in [0.15, 0.2) is 0 Å². The number of carbonyl (C=O) groups is 1. The maximum Gasteiger partial charge on any atom is 0.224 e. The predicted octanol–water partition coefficient (Wildman–Crippen LogP) is 3.20. The third-order valence-corrected chi connectivity index (χ3v) is 2.55. The van der Waals surface area contributed by atoms with Crippen LogP contribution < -0.4 is 5.32 Å². The van der Waals surface area contributed by atoms with Crippen molar-refractivity contribution in [2.75, 3.05) is 18.5 Å². The van der Waals surface area contributed by atoms with Crippen molar-refractivity contribution >= 4 is 27.5 Å². The van der Waals surface area contributed by atoms with Gasteiger partial charge >= 0.3 is 0 Å². The normalized spacial score (nSPS) is 10.1. The van der Waals surface area contributed by atoms with Gasteiger partial charge in [-0.3, -0.25) is 4.79 Å². The van der Waals surface area contributed by atoms with Crippen LogP contribution in [0.15, 0.2) is 28.7 Å². The minimum Gasteiger partial charge on any atom is -0.382 e. The lowest BCUT2D eigenvalue weighted by Gasteiger charge is -2.05. The van der Waals surface area contributed by atoms with Gasteiger partial charge in [0.25, 0.3) is 0 Å². The van der Waals surface area contributed by atoms with E-state index in [-0.39, 0.29) is 5.91 Å². The van der Waals surface area contributed by atoms with Gasteiger partial charge in [-0.25, -0.2) is 0 Å². The zero-order valence-corrected chi connectivity index (χ0v) is 10.9. The number of hydrogen-bond acceptors (Lipinski definition) is 2. The molecule has 0 bridgehead atoms. The highest BCUT2D eigenvalue weighted by Crippen LogP contribution is 2.14. The van der Waals surface area contributed by atoms with E-state index in [2.05, 4.69) is 21.2 Å². The van der Waals surface area contributed by atoms with E-state index < -0.39 is 0 Å². The quantitative estimate of drug-likeness (QED) is 0.815. The van der Waals surface area contributed by atoms with Gasteiger partial charge < -0.3 is 10.1 Å². The topological polar surface area (TPSA) is 38.3 Å². The predicted molar refractivity (Wildman–Crippen MR) is 68.5 cm³/mol. The lowest BCUT2D eigenvalue weighted by molar-refractivity contribution is -0.116. The van der Waals surface area contributed by atoms with E-state index in [0.717, 1.165) is 16.6 Å². The van der Waals surface area contributed by atoms with Crippen LogP contribution in [-0.4, -0.2) is 19.1 Å². The minimum absolute atomic E-state index is 0.0297. The molecule has 1 amide bonds. The largest absolute Gasteiger partial charge is 0.382 e. The van der Waals surface area contributed by atoms with Crippen LogP contribution >= 0.6 is 15.9 Å². The molecule has 0 heterocycles. The first kappa shape index (κ1) is 13.2. The molecule has 0 saturated carbocycles. The molecule has 16 heavy (non-hydrogen) atoms. The summed E-state index contributed by atoms with van der Waals surface area (Å²) < 4.78 is 6.17. The molecule has 0 spiro atoms. The van der Waals surface area contributed by atoms with Gasteiger partial charge in [-0.1, -0.05) is 15.9 Å². The Balaban J connectivity index is 2.26. The Labute approximate surface area is 104 Å². The summed E-state index contributed by atoms with van der Waals surface area (Å²) >= 11 is 3.34. The minimum atomic E-state index is 0.0297. The fourth-order valence-electron chi connectivity index (χ4n) is 1.24. The molecule has 1 aromatic rings. The fraction of sp³-hybridized carbons (Fsp3) is 0.417. The summed E-state index contributed by atoms with van der Waals surface area (Å²) in [6.07, 6.45) is 1.26. The summed E-state index contributed by atoms with van der Waals surface area (Å²) in [4.78, 5) is 11.5. The second-order valence-corrected chi connectivity index (χ2v) is 4.27. The first-order valence-electron chi connectivity index (χ1n) is 5.35. The van der Waals surface area contributed by atoms with Crippen LogP contribution in [0.5, 0.6) is 0 Å². The molecule has 0 radical (unpaired) electrons. The number of hydrogen-bond donors (Lipinski definition) is 1. The van der Waals surface area contributed by atoms with Crippen LogP contribution in [0.1, 0.15) is 19.8 Å². The van der Waals surface area contributed by atoms with Crippen molar-refractivity contribution in [2.45, 2.75) is 19.8 Å². The number of ether oxygens (including phenoxy) is 1. The van der Waals surface area contributed by atoms with Crippen molar-refractivity contribution in [1.29, 1.82) is 0 Å². The summed E-state index contributed by atoms with van der Waals surface area (Å²) in [5, 5.41) is 2.83. The number of anilines is 1. The molecule has 0 aliphatic carbocycles. The van der Waals surface area contributed by atoms with E-state index >= 15 is 0 Å². The molecule has 1 rings (SSSR count). The molecular formula is C12H16BrNO2. The molecule has 0 saturated heterocycles. The maximum absolute atomic E-state index is 11.5. The first-order valence-corrected chi connectivity index (χ1v) is 6.15. The lowest BCUT2D eigenvalue weighted by Crippen LogP contribution is -2.12. The molecule has 0 aliphatic heterocycles. The molecule has 0 fully saturated rings. The molecule has 0 atom stereocenters. The molecule has 4 heteroatoms. The lowest BCUT2D eigenvalue weighted by atomic mass is 10.3. The van der Waals surface area contributed by atoms with Crippen LogP contribution in [-0.2, 0) is 9.53 Å². The molecule has 88 valence electrons. The molecule has 1 aromatic carbocycles. The summed E-state index contributed by atoms with van der Waals surface area (Å²) in [5.74, 6) is 0.0297. The summed E-state index contributed by atoms with van der Waals surface area (Å²) in [7, 11) is 0. The van der Waals surface area contributed by atoms with Crippen LogP contribution in [0, 0.1) is 0 Å². The van der Waals surface area contributed by atoms with E-state index in [0.29, 0.717) is 19.6 Å². The number of benzene rings is 1. The second kappa shape index (κ2) is 7.41. The smallest absolute Gasteiger partial charge is 0.224 e. The van der Waals surface area contributed by atoms with Crippen LogP contribution in [0.25, 0.3) is 0 Å². The molecule has 0 aromatic heterocycles.